The maximum Gasteiger partial charge on any atom is 0.425 e. The van der Waals surface area contributed by atoms with E-state index >= 15 is 0 Å². The Labute approximate surface area is 157 Å². The molecule has 0 aromatic carbocycles. The zero-order valence-corrected chi connectivity index (χ0v) is 16.9. The normalized spacial score (nSPS) is 13.2. The first kappa shape index (κ1) is 21.4. The van der Waals surface area contributed by atoms with E-state index in [9.17, 15) is 9.59 Å². The molecule has 0 aliphatic carbocycles. The number of amides is 2. The Morgan fingerprint density at radius 2 is 1.64 bits per heavy atom. The van der Waals surface area contributed by atoms with Crippen LogP contribution in [0.2, 0.25) is 10.2 Å². The molecule has 0 aliphatic rings. The Balaban J connectivity index is 3.26. The number of imide groups is 1. The van der Waals surface area contributed by atoms with Crippen molar-refractivity contribution >= 4 is 41.2 Å². The minimum Gasteiger partial charge on any atom is -0.445 e. The quantitative estimate of drug-likeness (QED) is 0.652. The van der Waals surface area contributed by atoms with Crippen LogP contribution in [-0.4, -0.2) is 33.9 Å². The highest BCUT2D eigenvalue weighted by Gasteiger charge is 2.36. The molecule has 25 heavy (non-hydrogen) atoms. The second kappa shape index (κ2) is 7.74. The van der Waals surface area contributed by atoms with Gasteiger partial charge in [0.05, 0.1) is 0 Å². The lowest BCUT2D eigenvalue weighted by atomic mass is 9.90. The van der Waals surface area contributed by atoms with Gasteiger partial charge in [-0.2, -0.15) is 4.90 Å². The number of anilines is 1. The molecule has 0 saturated carbocycles. The summed E-state index contributed by atoms with van der Waals surface area (Å²) < 4.78 is 10.6. The molecule has 140 valence electrons. The molecule has 7 nitrogen and oxygen atoms in total. The zero-order valence-electron chi connectivity index (χ0n) is 15.4. The number of carbonyl (C=O) groups excluding carboxylic acids is 2. The van der Waals surface area contributed by atoms with Crippen LogP contribution in [-0.2, 0) is 9.47 Å². The second-order valence-electron chi connectivity index (χ2n) is 7.51. The maximum atomic E-state index is 12.6. The molecule has 2 amide bonds. The van der Waals surface area contributed by atoms with Crippen molar-refractivity contribution in [3.05, 3.63) is 16.5 Å². The van der Waals surface area contributed by atoms with Gasteiger partial charge in [-0.05, 0) is 33.1 Å². The van der Waals surface area contributed by atoms with Gasteiger partial charge in [-0.1, -0.05) is 44.0 Å². The van der Waals surface area contributed by atoms with Crippen molar-refractivity contribution in [1.82, 2.24) is 9.97 Å². The van der Waals surface area contributed by atoms with Crippen LogP contribution in [0, 0.1) is 5.41 Å². The van der Waals surface area contributed by atoms with Gasteiger partial charge in [0.25, 0.3) is 0 Å². The van der Waals surface area contributed by atoms with Crippen molar-refractivity contribution in [2.45, 2.75) is 60.2 Å². The van der Waals surface area contributed by atoms with E-state index in [1.807, 2.05) is 20.8 Å². The van der Waals surface area contributed by atoms with E-state index in [1.54, 1.807) is 27.7 Å². The number of rotatable bonds is 2. The van der Waals surface area contributed by atoms with Gasteiger partial charge >= 0.3 is 12.2 Å². The van der Waals surface area contributed by atoms with E-state index in [-0.39, 0.29) is 21.4 Å². The van der Waals surface area contributed by atoms with Gasteiger partial charge in [-0.3, -0.25) is 0 Å². The summed E-state index contributed by atoms with van der Waals surface area (Å²) in [7, 11) is 0. The highest BCUT2D eigenvalue weighted by Crippen LogP contribution is 2.31. The Kier molecular flexibility index (Phi) is 6.64. The Morgan fingerprint density at radius 1 is 1.08 bits per heavy atom. The monoisotopic (exact) mass is 391 g/mol. The standard InChI is InChI=1S/C16H23Cl2N3O4/c1-9(15(2,3)4)24-13(22)21(14(23)25-16(5,6)7)12-10(17)11(18)19-8-20-12/h8-9H,1-7H3. The Hall–Kier alpha value is -1.60. The van der Waals surface area contributed by atoms with Gasteiger partial charge in [0.1, 0.15) is 23.1 Å². The first-order chi connectivity index (χ1) is 11.2. The average Bonchev–Trinajstić information content (AvgIpc) is 2.40. The molecule has 1 heterocycles. The van der Waals surface area contributed by atoms with Crippen LogP contribution in [0.5, 0.6) is 0 Å². The highest BCUT2D eigenvalue weighted by atomic mass is 35.5. The molecule has 1 rings (SSSR count). The van der Waals surface area contributed by atoms with Gasteiger partial charge in [0.2, 0.25) is 0 Å². The molecule has 0 fully saturated rings. The number of halogens is 2. The van der Waals surface area contributed by atoms with Gasteiger partial charge in [-0.25, -0.2) is 19.6 Å². The van der Waals surface area contributed by atoms with Crippen LogP contribution in [0.25, 0.3) is 0 Å². The number of carbonyl (C=O) groups is 2. The zero-order chi connectivity index (χ0) is 19.6. The molecule has 0 saturated heterocycles. The summed E-state index contributed by atoms with van der Waals surface area (Å²) in [5, 5.41) is -0.257. The molecule has 1 aromatic heterocycles. The third-order valence-electron chi connectivity index (χ3n) is 3.20. The minimum atomic E-state index is -0.977. The van der Waals surface area contributed by atoms with Gasteiger partial charge in [-0.15, -0.1) is 0 Å². The molecular weight excluding hydrogens is 369 g/mol. The van der Waals surface area contributed by atoms with Crippen LogP contribution in [0.1, 0.15) is 48.5 Å². The summed E-state index contributed by atoms with van der Waals surface area (Å²) in [6.45, 7) is 12.4. The molecule has 1 atom stereocenters. The molecule has 0 aliphatic heterocycles. The molecule has 0 N–H and O–H groups in total. The van der Waals surface area contributed by atoms with E-state index in [4.69, 9.17) is 32.7 Å². The number of nitrogens with zero attached hydrogens (tertiary/aromatic N) is 3. The number of ether oxygens (including phenoxy) is 2. The number of hydrogen-bond donors (Lipinski definition) is 0. The predicted octanol–water partition coefficient (Wildman–Crippen LogP) is 5.10. The molecule has 0 spiro atoms. The van der Waals surface area contributed by atoms with Crippen LogP contribution >= 0.6 is 23.2 Å². The summed E-state index contributed by atoms with van der Waals surface area (Å²) in [5.41, 5.74) is -1.17. The number of aromatic nitrogens is 2. The van der Waals surface area contributed by atoms with Crippen LogP contribution in [0.15, 0.2) is 6.33 Å². The van der Waals surface area contributed by atoms with Crippen molar-refractivity contribution in [3.8, 4) is 0 Å². The van der Waals surface area contributed by atoms with Crippen LogP contribution in [0.4, 0.5) is 15.4 Å². The van der Waals surface area contributed by atoms with E-state index in [0.29, 0.717) is 4.90 Å². The lowest BCUT2D eigenvalue weighted by molar-refractivity contribution is 0.0380. The average molecular weight is 392 g/mol. The molecule has 1 aromatic rings. The maximum absolute atomic E-state index is 12.6. The first-order valence-electron chi connectivity index (χ1n) is 7.63. The van der Waals surface area contributed by atoms with Crippen molar-refractivity contribution in [2.75, 3.05) is 4.90 Å². The number of hydrogen-bond acceptors (Lipinski definition) is 6. The van der Waals surface area contributed by atoms with E-state index in [2.05, 4.69) is 9.97 Å². The van der Waals surface area contributed by atoms with Crippen molar-refractivity contribution in [3.63, 3.8) is 0 Å². The van der Waals surface area contributed by atoms with Crippen LogP contribution < -0.4 is 4.90 Å². The largest absolute Gasteiger partial charge is 0.445 e. The SMILES string of the molecule is CC(OC(=O)N(C(=O)OC(C)(C)C)c1ncnc(Cl)c1Cl)C(C)(C)C. The first-order valence-corrected chi connectivity index (χ1v) is 8.39. The van der Waals surface area contributed by atoms with Crippen molar-refractivity contribution in [2.24, 2.45) is 5.41 Å². The topological polar surface area (TPSA) is 81.6 Å². The van der Waals surface area contributed by atoms with Crippen LogP contribution in [0.3, 0.4) is 0 Å². The molecule has 0 bridgehead atoms. The lowest BCUT2D eigenvalue weighted by Crippen LogP contribution is -2.44. The van der Waals surface area contributed by atoms with Gasteiger partial charge < -0.3 is 9.47 Å². The minimum absolute atomic E-state index is 0.100. The smallest absolute Gasteiger partial charge is 0.425 e. The predicted molar refractivity (Wildman–Crippen MR) is 96.2 cm³/mol. The third-order valence-corrected chi connectivity index (χ3v) is 3.93. The van der Waals surface area contributed by atoms with Crippen molar-refractivity contribution < 1.29 is 19.1 Å². The Morgan fingerprint density at radius 3 is 2.12 bits per heavy atom. The van der Waals surface area contributed by atoms with E-state index < -0.39 is 23.9 Å². The van der Waals surface area contributed by atoms with E-state index in [0.717, 1.165) is 6.33 Å². The molecule has 9 heteroatoms. The Bertz CT molecular complexity index is 654. The van der Waals surface area contributed by atoms with Gasteiger partial charge in [0, 0.05) is 0 Å². The van der Waals surface area contributed by atoms with E-state index in [1.165, 1.54) is 0 Å². The van der Waals surface area contributed by atoms with Gasteiger partial charge in [0.15, 0.2) is 11.0 Å². The molecule has 1 unspecified atom stereocenters. The third kappa shape index (κ3) is 6.01. The summed E-state index contributed by atoms with van der Waals surface area (Å²) in [5.74, 6) is -0.206. The molecular formula is C16H23Cl2N3O4. The summed E-state index contributed by atoms with van der Waals surface area (Å²) in [6, 6.07) is 0. The fraction of sp³-hybridized carbons (Fsp3) is 0.625. The summed E-state index contributed by atoms with van der Waals surface area (Å²) >= 11 is 11.9. The summed E-state index contributed by atoms with van der Waals surface area (Å²) in [6.07, 6.45) is -1.34. The second-order valence-corrected chi connectivity index (χ2v) is 8.25. The summed E-state index contributed by atoms with van der Waals surface area (Å²) in [4.78, 5) is 33.4. The highest BCUT2D eigenvalue weighted by molar-refractivity contribution is 6.43. The molecule has 0 radical (unpaired) electrons. The fourth-order valence-corrected chi connectivity index (χ4v) is 1.74. The van der Waals surface area contributed by atoms with Crippen molar-refractivity contribution in [1.29, 1.82) is 0 Å². The fourth-order valence-electron chi connectivity index (χ4n) is 1.43. The lowest BCUT2D eigenvalue weighted by Gasteiger charge is -2.30.